The van der Waals surface area contributed by atoms with E-state index in [0.29, 0.717) is 13.1 Å². The van der Waals surface area contributed by atoms with Gasteiger partial charge in [0.1, 0.15) is 5.75 Å². The van der Waals surface area contributed by atoms with Crippen LogP contribution in [0.25, 0.3) is 0 Å². The van der Waals surface area contributed by atoms with Crippen LogP contribution in [0.2, 0.25) is 0 Å². The van der Waals surface area contributed by atoms with E-state index in [-0.39, 0.29) is 30.9 Å². The lowest BCUT2D eigenvalue weighted by Gasteiger charge is -2.26. The second kappa shape index (κ2) is 11.8. The SMILES string of the molecule is COc1ccccc1C(CNC(=O)CCNC(=O)N(C)Cc1ccccc1)N(C)C. The fraction of sp³-hybridized carbons (Fsp3) is 0.391. The highest BCUT2D eigenvalue weighted by Crippen LogP contribution is 2.27. The minimum atomic E-state index is -0.202. The molecule has 1 atom stereocenters. The van der Waals surface area contributed by atoms with Crippen molar-refractivity contribution in [3.05, 3.63) is 65.7 Å². The summed E-state index contributed by atoms with van der Waals surface area (Å²) in [7, 11) is 7.30. The molecule has 0 heterocycles. The standard InChI is InChI=1S/C23H32N4O3/c1-26(2)20(19-12-8-9-13-21(19)30-4)16-25-22(28)14-15-24-23(29)27(3)17-18-10-6-5-7-11-18/h5-13,20H,14-17H2,1-4H3,(H,24,29)(H,25,28). The third-order valence-corrected chi connectivity index (χ3v) is 4.85. The smallest absolute Gasteiger partial charge is 0.317 e. The number of urea groups is 1. The van der Waals surface area contributed by atoms with Gasteiger partial charge in [-0.1, -0.05) is 48.5 Å². The lowest BCUT2D eigenvalue weighted by atomic mass is 10.0. The Bertz CT molecular complexity index is 811. The van der Waals surface area contributed by atoms with Crippen molar-refractivity contribution >= 4 is 11.9 Å². The first-order valence-electron chi connectivity index (χ1n) is 10.0. The molecule has 0 radical (unpaired) electrons. The van der Waals surface area contributed by atoms with E-state index in [0.717, 1.165) is 16.9 Å². The van der Waals surface area contributed by atoms with Gasteiger partial charge in [0, 0.05) is 38.7 Å². The Labute approximate surface area is 179 Å². The first-order valence-corrected chi connectivity index (χ1v) is 10.0. The molecular formula is C23H32N4O3. The van der Waals surface area contributed by atoms with Crippen LogP contribution in [0.3, 0.4) is 0 Å². The molecule has 1 unspecified atom stereocenters. The van der Waals surface area contributed by atoms with Crippen molar-refractivity contribution in [3.63, 3.8) is 0 Å². The summed E-state index contributed by atoms with van der Waals surface area (Å²) in [4.78, 5) is 28.1. The number of likely N-dealkylation sites (N-methyl/N-ethyl adjacent to an activating group) is 1. The molecule has 7 heteroatoms. The second-order valence-electron chi connectivity index (χ2n) is 7.35. The van der Waals surface area contributed by atoms with Crippen LogP contribution < -0.4 is 15.4 Å². The lowest BCUT2D eigenvalue weighted by molar-refractivity contribution is -0.121. The predicted octanol–water partition coefficient (Wildman–Crippen LogP) is 2.65. The normalized spacial score (nSPS) is 11.6. The Morgan fingerprint density at radius 2 is 1.63 bits per heavy atom. The molecule has 0 aromatic heterocycles. The molecule has 0 spiro atoms. The summed E-state index contributed by atoms with van der Waals surface area (Å²) in [6.45, 7) is 1.25. The number of hydrogen-bond donors (Lipinski definition) is 2. The van der Waals surface area contributed by atoms with Gasteiger partial charge in [0.05, 0.1) is 13.2 Å². The van der Waals surface area contributed by atoms with E-state index >= 15 is 0 Å². The van der Waals surface area contributed by atoms with E-state index in [1.165, 1.54) is 0 Å². The lowest BCUT2D eigenvalue weighted by Crippen LogP contribution is -2.40. The van der Waals surface area contributed by atoms with Crippen LogP contribution in [-0.2, 0) is 11.3 Å². The number of nitrogens with one attached hydrogen (secondary N) is 2. The van der Waals surface area contributed by atoms with Gasteiger partial charge in [0.25, 0.3) is 0 Å². The van der Waals surface area contributed by atoms with E-state index in [4.69, 9.17) is 4.74 Å². The average molecular weight is 413 g/mol. The third kappa shape index (κ3) is 7.08. The molecule has 2 N–H and O–H groups in total. The van der Waals surface area contributed by atoms with Crippen LogP contribution >= 0.6 is 0 Å². The summed E-state index contributed by atoms with van der Waals surface area (Å²) < 4.78 is 5.45. The highest BCUT2D eigenvalue weighted by molar-refractivity contribution is 5.78. The van der Waals surface area contributed by atoms with E-state index in [9.17, 15) is 9.59 Å². The van der Waals surface area contributed by atoms with Gasteiger partial charge in [-0.05, 0) is 25.7 Å². The van der Waals surface area contributed by atoms with Crippen LogP contribution in [0.1, 0.15) is 23.6 Å². The molecule has 0 saturated heterocycles. The van der Waals surface area contributed by atoms with E-state index < -0.39 is 0 Å². The van der Waals surface area contributed by atoms with Gasteiger partial charge in [-0.2, -0.15) is 0 Å². The zero-order chi connectivity index (χ0) is 21.9. The molecule has 2 aromatic rings. The number of methoxy groups -OCH3 is 1. The Kier molecular flexibility index (Phi) is 9.15. The van der Waals surface area contributed by atoms with E-state index in [1.807, 2.05) is 73.6 Å². The molecule has 3 amide bonds. The Morgan fingerprint density at radius 3 is 2.30 bits per heavy atom. The number of carbonyl (C=O) groups is 2. The van der Waals surface area contributed by atoms with Gasteiger partial charge in [-0.25, -0.2) is 4.79 Å². The number of amides is 3. The second-order valence-corrected chi connectivity index (χ2v) is 7.35. The summed E-state index contributed by atoms with van der Waals surface area (Å²) in [5, 5.41) is 5.75. The Hall–Kier alpha value is -3.06. The summed E-state index contributed by atoms with van der Waals surface area (Å²) >= 11 is 0. The average Bonchev–Trinajstić information content (AvgIpc) is 2.74. The van der Waals surface area contributed by atoms with Gasteiger partial charge >= 0.3 is 6.03 Å². The molecule has 0 aliphatic carbocycles. The topological polar surface area (TPSA) is 73.9 Å². The van der Waals surface area contributed by atoms with Crippen LogP contribution in [0.5, 0.6) is 5.75 Å². The van der Waals surface area contributed by atoms with Crippen LogP contribution in [0.4, 0.5) is 4.79 Å². The summed E-state index contributed by atoms with van der Waals surface area (Å²) in [5.74, 6) is 0.682. The number of benzene rings is 2. The van der Waals surface area contributed by atoms with Crippen LogP contribution in [-0.4, -0.2) is 63.1 Å². The number of ether oxygens (including phenoxy) is 1. The largest absolute Gasteiger partial charge is 0.496 e. The highest BCUT2D eigenvalue weighted by atomic mass is 16.5. The maximum atomic E-state index is 12.3. The molecule has 2 rings (SSSR count). The molecule has 7 nitrogen and oxygen atoms in total. The quantitative estimate of drug-likeness (QED) is 0.629. The van der Waals surface area contributed by atoms with Gasteiger partial charge in [-0.15, -0.1) is 0 Å². The van der Waals surface area contributed by atoms with Crippen molar-refractivity contribution < 1.29 is 14.3 Å². The molecule has 0 saturated carbocycles. The number of nitrogens with zero attached hydrogens (tertiary/aromatic N) is 2. The monoisotopic (exact) mass is 412 g/mol. The minimum absolute atomic E-state index is 0.0169. The van der Waals surface area contributed by atoms with Crippen molar-refractivity contribution in [2.24, 2.45) is 0 Å². The van der Waals surface area contributed by atoms with E-state index in [2.05, 4.69) is 10.6 Å². The van der Waals surface area contributed by atoms with Crippen LogP contribution in [0, 0.1) is 0 Å². The van der Waals surface area contributed by atoms with E-state index in [1.54, 1.807) is 19.1 Å². The number of para-hydroxylation sites is 1. The number of hydrogen-bond acceptors (Lipinski definition) is 4. The summed E-state index contributed by atoms with van der Waals surface area (Å²) in [6, 6.07) is 17.3. The number of rotatable bonds is 10. The maximum absolute atomic E-state index is 12.3. The number of carbonyl (C=O) groups excluding carboxylic acids is 2. The Balaban J connectivity index is 1.77. The maximum Gasteiger partial charge on any atom is 0.317 e. The van der Waals surface area contributed by atoms with Crippen molar-refractivity contribution in [1.29, 1.82) is 0 Å². The van der Waals surface area contributed by atoms with Crippen molar-refractivity contribution in [1.82, 2.24) is 20.4 Å². The third-order valence-electron chi connectivity index (χ3n) is 4.85. The molecular weight excluding hydrogens is 380 g/mol. The van der Waals surface area contributed by atoms with Gasteiger partial charge in [0.2, 0.25) is 5.91 Å². The van der Waals surface area contributed by atoms with Crippen molar-refractivity contribution in [2.45, 2.75) is 19.0 Å². The van der Waals surface area contributed by atoms with Gasteiger partial charge in [0.15, 0.2) is 0 Å². The first kappa shape index (κ1) is 23.2. The molecule has 0 bridgehead atoms. The zero-order valence-corrected chi connectivity index (χ0v) is 18.2. The predicted molar refractivity (Wildman–Crippen MR) is 118 cm³/mol. The molecule has 0 aliphatic heterocycles. The fourth-order valence-electron chi connectivity index (χ4n) is 3.16. The fourth-order valence-corrected chi connectivity index (χ4v) is 3.16. The van der Waals surface area contributed by atoms with Crippen molar-refractivity contribution in [2.75, 3.05) is 41.3 Å². The van der Waals surface area contributed by atoms with Crippen LogP contribution in [0.15, 0.2) is 54.6 Å². The zero-order valence-electron chi connectivity index (χ0n) is 18.2. The summed E-state index contributed by atoms with van der Waals surface area (Å²) in [6.07, 6.45) is 0.219. The molecule has 162 valence electrons. The molecule has 0 aliphatic rings. The Morgan fingerprint density at radius 1 is 0.967 bits per heavy atom. The van der Waals surface area contributed by atoms with Crippen molar-refractivity contribution in [3.8, 4) is 5.75 Å². The first-order chi connectivity index (χ1) is 14.4. The van der Waals surface area contributed by atoms with Gasteiger partial charge in [-0.3, -0.25) is 4.79 Å². The molecule has 2 aromatic carbocycles. The van der Waals surface area contributed by atoms with Gasteiger partial charge < -0.3 is 25.2 Å². The minimum Gasteiger partial charge on any atom is -0.496 e. The highest BCUT2D eigenvalue weighted by Gasteiger charge is 2.19. The molecule has 30 heavy (non-hydrogen) atoms. The summed E-state index contributed by atoms with van der Waals surface area (Å²) in [5.41, 5.74) is 2.07. The molecule has 0 fully saturated rings.